The molecule has 0 radical (unpaired) electrons. The number of benzene rings is 1. The lowest BCUT2D eigenvalue weighted by molar-refractivity contribution is -0.136. The van der Waals surface area contributed by atoms with Gasteiger partial charge in [0.15, 0.2) is 0 Å². The van der Waals surface area contributed by atoms with Gasteiger partial charge in [0.1, 0.15) is 17.4 Å². The predicted molar refractivity (Wildman–Crippen MR) is 81.3 cm³/mol. The molecular formula is C16H22N2O3. The summed E-state index contributed by atoms with van der Waals surface area (Å²) in [6.45, 7) is 6.12. The summed E-state index contributed by atoms with van der Waals surface area (Å²) in [7, 11) is 1.51. The minimum Gasteiger partial charge on any atom is -0.494 e. The van der Waals surface area contributed by atoms with E-state index in [0.717, 1.165) is 6.42 Å². The van der Waals surface area contributed by atoms with Gasteiger partial charge >= 0.3 is 0 Å². The first kappa shape index (κ1) is 17.0. The number of nitrogens with zero attached hydrogens (tertiary/aromatic N) is 1. The van der Waals surface area contributed by atoms with E-state index in [4.69, 9.17) is 9.47 Å². The predicted octanol–water partition coefficient (Wildman–Crippen LogP) is 3.10. The van der Waals surface area contributed by atoms with Crippen molar-refractivity contribution in [3.63, 3.8) is 0 Å². The Morgan fingerprint density at radius 2 is 2.14 bits per heavy atom. The molecule has 1 N–H and O–H groups in total. The Labute approximate surface area is 125 Å². The Kier molecular flexibility index (Phi) is 6.19. The topological polar surface area (TPSA) is 71.3 Å². The summed E-state index contributed by atoms with van der Waals surface area (Å²) < 4.78 is 10.7. The first-order chi connectivity index (χ1) is 10.0. The molecule has 0 aliphatic rings. The second kappa shape index (κ2) is 7.65. The molecule has 21 heavy (non-hydrogen) atoms. The SMILES string of the molecule is CCC[C@](C)(OC)C(=O)Nc1ccc(OCC)cc1C#N. The summed E-state index contributed by atoms with van der Waals surface area (Å²) in [6.07, 6.45) is 1.43. The molecule has 0 fully saturated rings. The van der Waals surface area contributed by atoms with Gasteiger partial charge in [-0.05, 0) is 38.5 Å². The monoisotopic (exact) mass is 290 g/mol. The van der Waals surface area contributed by atoms with Crippen LogP contribution >= 0.6 is 0 Å². The molecule has 0 aliphatic heterocycles. The number of nitriles is 1. The largest absolute Gasteiger partial charge is 0.494 e. The Bertz CT molecular complexity index is 537. The number of rotatable bonds is 7. The van der Waals surface area contributed by atoms with Crippen molar-refractivity contribution in [2.75, 3.05) is 19.0 Å². The molecule has 0 unspecified atom stereocenters. The Morgan fingerprint density at radius 3 is 2.67 bits per heavy atom. The molecule has 1 rings (SSSR count). The molecule has 0 heterocycles. The fourth-order valence-electron chi connectivity index (χ4n) is 2.02. The van der Waals surface area contributed by atoms with Crippen LogP contribution in [-0.4, -0.2) is 25.2 Å². The summed E-state index contributed by atoms with van der Waals surface area (Å²) in [4.78, 5) is 12.4. The van der Waals surface area contributed by atoms with Crippen molar-refractivity contribution >= 4 is 11.6 Å². The van der Waals surface area contributed by atoms with E-state index in [1.54, 1.807) is 25.1 Å². The average Bonchev–Trinajstić information content (AvgIpc) is 2.49. The van der Waals surface area contributed by atoms with Gasteiger partial charge in [-0.25, -0.2) is 0 Å². The van der Waals surface area contributed by atoms with Crippen LogP contribution in [0, 0.1) is 11.3 Å². The number of hydrogen-bond donors (Lipinski definition) is 1. The van der Waals surface area contributed by atoms with E-state index >= 15 is 0 Å². The lowest BCUT2D eigenvalue weighted by atomic mass is 9.99. The molecule has 5 heteroatoms. The second-order valence-electron chi connectivity index (χ2n) is 4.89. The van der Waals surface area contributed by atoms with E-state index in [1.807, 2.05) is 13.8 Å². The molecule has 1 amide bonds. The van der Waals surface area contributed by atoms with Gasteiger partial charge in [0.05, 0.1) is 17.9 Å². The van der Waals surface area contributed by atoms with Crippen molar-refractivity contribution in [2.24, 2.45) is 0 Å². The molecule has 0 bridgehead atoms. The zero-order chi connectivity index (χ0) is 15.9. The fraction of sp³-hybridized carbons (Fsp3) is 0.500. The van der Waals surface area contributed by atoms with Gasteiger partial charge in [0, 0.05) is 7.11 Å². The fourth-order valence-corrected chi connectivity index (χ4v) is 2.02. The van der Waals surface area contributed by atoms with E-state index in [9.17, 15) is 10.1 Å². The van der Waals surface area contributed by atoms with Crippen LogP contribution in [0.15, 0.2) is 18.2 Å². The number of amides is 1. The van der Waals surface area contributed by atoms with Crippen molar-refractivity contribution < 1.29 is 14.3 Å². The Morgan fingerprint density at radius 1 is 1.43 bits per heavy atom. The molecule has 0 aromatic heterocycles. The molecule has 1 atom stereocenters. The molecule has 5 nitrogen and oxygen atoms in total. The molecule has 1 aromatic rings. The van der Waals surface area contributed by atoms with Crippen molar-refractivity contribution in [3.05, 3.63) is 23.8 Å². The van der Waals surface area contributed by atoms with Gasteiger partial charge in [-0.1, -0.05) is 13.3 Å². The number of carbonyl (C=O) groups excluding carboxylic acids is 1. The highest BCUT2D eigenvalue weighted by atomic mass is 16.5. The second-order valence-corrected chi connectivity index (χ2v) is 4.89. The van der Waals surface area contributed by atoms with Crippen LogP contribution in [0.1, 0.15) is 39.2 Å². The molecule has 1 aromatic carbocycles. The third-order valence-electron chi connectivity index (χ3n) is 3.33. The van der Waals surface area contributed by atoms with Crippen LogP contribution in [0.4, 0.5) is 5.69 Å². The zero-order valence-electron chi connectivity index (χ0n) is 13.0. The third-order valence-corrected chi connectivity index (χ3v) is 3.33. The zero-order valence-corrected chi connectivity index (χ0v) is 13.0. The minimum absolute atomic E-state index is 0.257. The first-order valence-corrected chi connectivity index (χ1v) is 7.04. The van der Waals surface area contributed by atoms with Crippen molar-refractivity contribution in [3.8, 4) is 11.8 Å². The minimum atomic E-state index is -0.903. The number of hydrogen-bond acceptors (Lipinski definition) is 4. The molecule has 0 spiro atoms. The van der Waals surface area contributed by atoms with Gasteiger partial charge < -0.3 is 14.8 Å². The summed E-state index contributed by atoms with van der Waals surface area (Å²) in [5.41, 5.74) is -0.0744. The average molecular weight is 290 g/mol. The lowest BCUT2D eigenvalue weighted by Gasteiger charge is -2.26. The van der Waals surface area contributed by atoms with E-state index in [2.05, 4.69) is 11.4 Å². The van der Waals surface area contributed by atoms with Gasteiger partial charge in [-0.2, -0.15) is 5.26 Å². The smallest absolute Gasteiger partial charge is 0.256 e. The standard InChI is InChI=1S/C16H22N2O3/c1-5-9-16(3,20-4)15(19)18-14-8-7-13(21-6-2)10-12(14)11-17/h7-8,10H,5-6,9H2,1-4H3,(H,18,19)/t16-/m0/s1. The summed E-state index contributed by atoms with van der Waals surface area (Å²) in [6, 6.07) is 7.08. The highest BCUT2D eigenvalue weighted by Gasteiger charge is 2.32. The van der Waals surface area contributed by atoms with Crippen LogP contribution in [0.25, 0.3) is 0 Å². The number of ether oxygens (including phenoxy) is 2. The van der Waals surface area contributed by atoms with Crippen molar-refractivity contribution in [1.29, 1.82) is 5.26 Å². The van der Waals surface area contributed by atoms with E-state index in [0.29, 0.717) is 30.0 Å². The molecular weight excluding hydrogens is 268 g/mol. The highest BCUT2D eigenvalue weighted by Crippen LogP contribution is 2.24. The van der Waals surface area contributed by atoms with E-state index < -0.39 is 5.60 Å². The van der Waals surface area contributed by atoms with Gasteiger partial charge in [0.2, 0.25) is 0 Å². The van der Waals surface area contributed by atoms with Gasteiger partial charge in [-0.15, -0.1) is 0 Å². The molecule has 0 saturated carbocycles. The Balaban J connectivity index is 2.97. The normalized spacial score (nSPS) is 13.1. The lowest BCUT2D eigenvalue weighted by Crippen LogP contribution is -2.41. The molecule has 0 saturated heterocycles. The quantitative estimate of drug-likeness (QED) is 0.837. The summed E-state index contributed by atoms with van der Waals surface area (Å²) >= 11 is 0. The third kappa shape index (κ3) is 4.20. The number of nitrogens with one attached hydrogen (secondary N) is 1. The molecule has 114 valence electrons. The number of methoxy groups -OCH3 is 1. The van der Waals surface area contributed by atoms with Crippen LogP contribution in [-0.2, 0) is 9.53 Å². The number of carbonyl (C=O) groups is 1. The maximum absolute atomic E-state index is 12.4. The van der Waals surface area contributed by atoms with Crippen LogP contribution in [0.3, 0.4) is 0 Å². The van der Waals surface area contributed by atoms with Crippen molar-refractivity contribution in [1.82, 2.24) is 0 Å². The molecule has 0 aliphatic carbocycles. The maximum atomic E-state index is 12.4. The van der Waals surface area contributed by atoms with E-state index in [-0.39, 0.29) is 5.91 Å². The van der Waals surface area contributed by atoms with Gasteiger partial charge in [0.25, 0.3) is 5.91 Å². The number of anilines is 1. The highest BCUT2D eigenvalue weighted by molar-refractivity contribution is 5.98. The van der Waals surface area contributed by atoms with E-state index in [1.165, 1.54) is 7.11 Å². The summed E-state index contributed by atoms with van der Waals surface area (Å²) in [5.74, 6) is 0.350. The van der Waals surface area contributed by atoms with Crippen molar-refractivity contribution in [2.45, 2.75) is 39.2 Å². The maximum Gasteiger partial charge on any atom is 0.256 e. The summed E-state index contributed by atoms with van der Waals surface area (Å²) in [5, 5.41) is 12.0. The Hall–Kier alpha value is -2.06. The van der Waals surface area contributed by atoms with Crippen LogP contribution < -0.4 is 10.1 Å². The first-order valence-electron chi connectivity index (χ1n) is 7.04. The van der Waals surface area contributed by atoms with Gasteiger partial charge in [-0.3, -0.25) is 4.79 Å². The van der Waals surface area contributed by atoms with Crippen LogP contribution in [0.5, 0.6) is 5.75 Å². The van der Waals surface area contributed by atoms with Crippen LogP contribution in [0.2, 0.25) is 0 Å².